The number of aryl methyl sites for hydroxylation is 1. The van der Waals surface area contributed by atoms with Crippen molar-refractivity contribution in [3.63, 3.8) is 0 Å². The molecule has 1 aliphatic rings. The second kappa shape index (κ2) is 6.20. The second-order valence-electron chi connectivity index (χ2n) is 4.94. The Labute approximate surface area is 114 Å². The highest BCUT2D eigenvalue weighted by atomic mass is 35.5. The third-order valence-corrected chi connectivity index (χ3v) is 3.45. The maximum Gasteiger partial charge on any atom is 0.272 e. The lowest BCUT2D eigenvalue weighted by molar-refractivity contribution is 0.0892. The van der Waals surface area contributed by atoms with Crippen molar-refractivity contribution in [1.29, 1.82) is 0 Å². The first-order valence-corrected chi connectivity index (χ1v) is 6.14. The van der Waals surface area contributed by atoms with Gasteiger partial charge in [-0.2, -0.15) is 5.10 Å². The Morgan fingerprint density at radius 2 is 2.22 bits per heavy atom. The summed E-state index contributed by atoms with van der Waals surface area (Å²) >= 11 is 0. The van der Waals surface area contributed by atoms with Crippen LogP contribution in [0.5, 0.6) is 0 Å². The number of nitrogens with zero attached hydrogens (tertiary/aromatic N) is 1. The van der Waals surface area contributed by atoms with Gasteiger partial charge in [-0.3, -0.25) is 9.89 Å². The maximum atomic E-state index is 12.0. The van der Waals surface area contributed by atoms with Crippen molar-refractivity contribution in [1.82, 2.24) is 20.8 Å². The minimum absolute atomic E-state index is 0. The van der Waals surface area contributed by atoms with Gasteiger partial charge in [0.05, 0.1) is 0 Å². The Bertz CT molecular complexity index is 397. The van der Waals surface area contributed by atoms with Gasteiger partial charge in [-0.1, -0.05) is 6.92 Å². The zero-order valence-electron chi connectivity index (χ0n) is 11.0. The molecular formula is C12H21ClN4O. The minimum atomic E-state index is -0.0956. The van der Waals surface area contributed by atoms with Gasteiger partial charge >= 0.3 is 0 Å². The molecule has 2 heterocycles. The topological polar surface area (TPSA) is 69.8 Å². The number of carbonyl (C=O) groups excluding carboxylic acids is 1. The molecule has 1 saturated heterocycles. The average molecular weight is 273 g/mol. The molecule has 3 atom stereocenters. The van der Waals surface area contributed by atoms with Crippen LogP contribution in [0.15, 0.2) is 6.07 Å². The van der Waals surface area contributed by atoms with Crippen LogP contribution in [0.1, 0.15) is 36.5 Å². The van der Waals surface area contributed by atoms with Gasteiger partial charge in [0.2, 0.25) is 0 Å². The highest BCUT2D eigenvalue weighted by Gasteiger charge is 2.29. The predicted octanol–water partition coefficient (Wildman–Crippen LogP) is 1.26. The Hall–Kier alpha value is -1.07. The number of H-pyrrole nitrogens is 1. The molecule has 1 amide bonds. The number of halogens is 1. The zero-order valence-corrected chi connectivity index (χ0v) is 11.8. The van der Waals surface area contributed by atoms with E-state index in [0.29, 0.717) is 17.7 Å². The van der Waals surface area contributed by atoms with Crippen molar-refractivity contribution in [2.75, 3.05) is 6.54 Å². The number of rotatable bonds is 2. The predicted molar refractivity (Wildman–Crippen MR) is 73.1 cm³/mol. The lowest BCUT2D eigenvalue weighted by atomic mass is 9.89. The molecule has 6 heteroatoms. The van der Waals surface area contributed by atoms with E-state index in [-0.39, 0.29) is 24.4 Å². The van der Waals surface area contributed by atoms with Gasteiger partial charge in [-0.25, -0.2) is 0 Å². The van der Waals surface area contributed by atoms with Crippen molar-refractivity contribution in [2.45, 2.75) is 39.3 Å². The van der Waals surface area contributed by atoms with E-state index in [0.717, 1.165) is 18.7 Å². The highest BCUT2D eigenvalue weighted by Crippen LogP contribution is 2.16. The van der Waals surface area contributed by atoms with Crippen LogP contribution in [-0.4, -0.2) is 34.7 Å². The molecule has 0 bridgehead atoms. The van der Waals surface area contributed by atoms with E-state index < -0.39 is 0 Å². The number of hydrogen-bond donors (Lipinski definition) is 3. The Kier molecular flexibility index (Phi) is 5.16. The fourth-order valence-corrected chi connectivity index (χ4v) is 2.36. The summed E-state index contributed by atoms with van der Waals surface area (Å²) in [4.78, 5) is 12.0. The zero-order chi connectivity index (χ0) is 12.4. The molecule has 1 aliphatic heterocycles. The van der Waals surface area contributed by atoms with Crippen LogP contribution in [-0.2, 0) is 0 Å². The van der Waals surface area contributed by atoms with Gasteiger partial charge < -0.3 is 10.6 Å². The first kappa shape index (κ1) is 15.0. The van der Waals surface area contributed by atoms with Crippen molar-refractivity contribution in [2.24, 2.45) is 5.92 Å². The largest absolute Gasteiger partial charge is 0.346 e. The highest BCUT2D eigenvalue weighted by molar-refractivity contribution is 5.92. The monoisotopic (exact) mass is 272 g/mol. The van der Waals surface area contributed by atoms with Crippen LogP contribution in [0, 0.1) is 12.8 Å². The van der Waals surface area contributed by atoms with Crippen LogP contribution in [0.2, 0.25) is 0 Å². The van der Waals surface area contributed by atoms with Crippen molar-refractivity contribution in [3.8, 4) is 0 Å². The molecule has 0 radical (unpaired) electrons. The number of aromatic amines is 1. The molecule has 102 valence electrons. The molecule has 3 unspecified atom stereocenters. The van der Waals surface area contributed by atoms with Gasteiger partial charge in [0.1, 0.15) is 5.69 Å². The first-order chi connectivity index (χ1) is 8.08. The van der Waals surface area contributed by atoms with Gasteiger partial charge in [0, 0.05) is 17.8 Å². The van der Waals surface area contributed by atoms with Crippen LogP contribution in [0.25, 0.3) is 0 Å². The van der Waals surface area contributed by atoms with Crippen LogP contribution in [0.4, 0.5) is 0 Å². The molecule has 1 aromatic heterocycles. The molecule has 5 nitrogen and oxygen atoms in total. The molecule has 0 saturated carbocycles. The summed E-state index contributed by atoms with van der Waals surface area (Å²) in [5.41, 5.74) is 1.37. The average Bonchev–Trinajstić information content (AvgIpc) is 2.70. The van der Waals surface area contributed by atoms with E-state index in [1.807, 2.05) is 6.92 Å². The fourth-order valence-electron chi connectivity index (χ4n) is 2.36. The second-order valence-corrected chi connectivity index (χ2v) is 4.94. The molecule has 0 spiro atoms. The van der Waals surface area contributed by atoms with Crippen molar-refractivity contribution < 1.29 is 4.79 Å². The molecule has 1 aromatic rings. The summed E-state index contributed by atoms with van der Waals surface area (Å²) in [6.07, 6.45) is 1.09. The quantitative estimate of drug-likeness (QED) is 0.759. The minimum Gasteiger partial charge on any atom is -0.346 e. The number of piperidine rings is 1. The molecule has 2 rings (SSSR count). The molecule has 0 aliphatic carbocycles. The van der Waals surface area contributed by atoms with E-state index in [2.05, 4.69) is 34.7 Å². The first-order valence-electron chi connectivity index (χ1n) is 6.14. The summed E-state index contributed by atoms with van der Waals surface area (Å²) in [7, 11) is 0. The van der Waals surface area contributed by atoms with Crippen LogP contribution >= 0.6 is 12.4 Å². The lowest BCUT2D eigenvalue weighted by Gasteiger charge is -2.35. The summed E-state index contributed by atoms with van der Waals surface area (Å²) in [6.45, 7) is 7.20. The van der Waals surface area contributed by atoms with Gasteiger partial charge in [-0.05, 0) is 38.8 Å². The van der Waals surface area contributed by atoms with Gasteiger partial charge in [-0.15, -0.1) is 12.4 Å². The Morgan fingerprint density at radius 3 is 2.78 bits per heavy atom. The Balaban J connectivity index is 0.00000162. The van der Waals surface area contributed by atoms with E-state index >= 15 is 0 Å². The third kappa shape index (κ3) is 3.23. The summed E-state index contributed by atoms with van der Waals surface area (Å²) in [6, 6.07) is 2.25. The summed E-state index contributed by atoms with van der Waals surface area (Å²) in [5, 5.41) is 13.2. The van der Waals surface area contributed by atoms with Crippen LogP contribution < -0.4 is 10.6 Å². The number of aromatic nitrogens is 2. The van der Waals surface area contributed by atoms with Crippen molar-refractivity contribution >= 4 is 18.3 Å². The van der Waals surface area contributed by atoms with E-state index in [1.165, 1.54) is 0 Å². The van der Waals surface area contributed by atoms with Gasteiger partial charge in [0.25, 0.3) is 5.91 Å². The van der Waals surface area contributed by atoms with Crippen LogP contribution in [0.3, 0.4) is 0 Å². The number of hydrogen-bond acceptors (Lipinski definition) is 3. The Morgan fingerprint density at radius 1 is 1.50 bits per heavy atom. The van der Waals surface area contributed by atoms with E-state index in [9.17, 15) is 4.79 Å². The molecule has 3 N–H and O–H groups in total. The molecule has 18 heavy (non-hydrogen) atoms. The normalized spacial score (nSPS) is 27.4. The number of amides is 1. The van der Waals surface area contributed by atoms with E-state index in [4.69, 9.17) is 0 Å². The fraction of sp³-hybridized carbons (Fsp3) is 0.667. The maximum absolute atomic E-state index is 12.0. The smallest absolute Gasteiger partial charge is 0.272 e. The number of nitrogens with one attached hydrogen (secondary N) is 3. The van der Waals surface area contributed by atoms with E-state index in [1.54, 1.807) is 6.07 Å². The molecular weight excluding hydrogens is 252 g/mol. The third-order valence-electron chi connectivity index (χ3n) is 3.45. The standard InChI is InChI=1S/C12H20N4O.ClH/c1-7-4-5-13-9(3)11(7)14-12(17)10-6-8(2)15-16-10;/h6-7,9,11,13H,4-5H2,1-3H3,(H,14,17)(H,15,16);1H. The summed E-state index contributed by atoms with van der Waals surface area (Å²) in [5.74, 6) is 0.400. The lowest BCUT2D eigenvalue weighted by Crippen LogP contribution is -2.55. The summed E-state index contributed by atoms with van der Waals surface area (Å²) < 4.78 is 0. The molecule has 0 aromatic carbocycles. The SMILES string of the molecule is Cc1cc(C(=O)NC2C(C)CCNC2C)n[nH]1.Cl. The molecule has 1 fully saturated rings. The van der Waals surface area contributed by atoms with Crippen molar-refractivity contribution in [3.05, 3.63) is 17.5 Å². The van der Waals surface area contributed by atoms with Gasteiger partial charge in [0.15, 0.2) is 0 Å². The number of carbonyl (C=O) groups is 1.